The molecule has 3 rings (SSSR count). The van der Waals surface area contributed by atoms with E-state index in [9.17, 15) is 19.5 Å². The maximum Gasteiger partial charge on any atom is 0.408 e. The first kappa shape index (κ1) is 23.3. The smallest absolute Gasteiger partial charge is 0.408 e. The number of nitrogens with one attached hydrogen (secondary N) is 1. The molecule has 2 aromatic rings. The predicted octanol–water partition coefficient (Wildman–Crippen LogP) is 3.34. The fourth-order valence-corrected chi connectivity index (χ4v) is 3.54. The van der Waals surface area contributed by atoms with Gasteiger partial charge in [0.2, 0.25) is 0 Å². The molecule has 0 radical (unpaired) electrons. The molecular formula is C24H27NO7. The summed E-state index contributed by atoms with van der Waals surface area (Å²) in [7, 11) is 0. The van der Waals surface area contributed by atoms with E-state index in [0.29, 0.717) is 0 Å². The van der Waals surface area contributed by atoms with Gasteiger partial charge in [0.05, 0.1) is 6.61 Å². The number of esters is 1. The number of ether oxygens (including phenoxy) is 3. The second kappa shape index (κ2) is 9.82. The van der Waals surface area contributed by atoms with E-state index in [-0.39, 0.29) is 12.5 Å². The summed E-state index contributed by atoms with van der Waals surface area (Å²) in [5, 5.41) is 11.5. The lowest BCUT2D eigenvalue weighted by Crippen LogP contribution is -2.46. The molecular weight excluding hydrogens is 414 g/mol. The summed E-state index contributed by atoms with van der Waals surface area (Å²) in [4.78, 5) is 35.3. The van der Waals surface area contributed by atoms with Crippen molar-refractivity contribution < 1.29 is 33.7 Å². The van der Waals surface area contributed by atoms with Gasteiger partial charge in [-0.05, 0) is 43.0 Å². The van der Waals surface area contributed by atoms with Crippen molar-refractivity contribution in [1.29, 1.82) is 0 Å². The minimum absolute atomic E-state index is 0.0769. The van der Waals surface area contributed by atoms with Gasteiger partial charge in [-0.2, -0.15) is 0 Å². The van der Waals surface area contributed by atoms with Gasteiger partial charge < -0.3 is 24.6 Å². The van der Waals surface area contributed by atoms with Gasteiger partial charge in [0.15, 0.2) is 6.04 Å². The molecule has 0 heterocycles. The maximum atomic E-state index is 12.2. The Bertz CT molecular complexity index is 950. The second-order valence-electron chi connectivity index (χ2n) is 8.46. The van der Waals surface area contributed by atoms with Gasteiger partial charge in [0, 0.05) is 5.92 Å². The highest BCUT2D eigenvalue weighted by atomic mass is 16.6. The van der Waals surface area contributed by atoms with Crippen molar-refractivity contribution in [2.75, 3.05) is 19.8 Å². The average molecular weight is 441 g/mol. The molecule has 170 valence electrons. The van der Waals surface area contributed by atoms with Gasteiger partial charge in [-0.3, -0.25) is 0 Å². The molecule has 0 fully saturated rings. The number of carboxylic acid groups (broad SMARTS) is 1. The highest BCUT2D eigenvalue weighted by Crippen LogP contribution is 2.44. The molecule has 2 aromatic carbocycles. The number of fused-ring (bicyclic) bond motifs is 3. The lowest BCUT2D eigenvalue weighted by Gasteiger charge is -2.22. The van der Waals surface area contributed by atoms with Crippen molar-refractivity contribution in [3.63, 3.8) is 0 Å². The van der Waals surface area contributed by atoms with Gasteiger partial charge in [0.1, 0.15) is 18.8 Å². The van der Waals surface area contributed by atoms with E-state index in [1.807, 2.05) is 48.5 Å². The Hall–Kier alpha value is -3.39. The highest BCUT2D eigenvalue weighted by molar-refractivity contribution is 5.80. The van der Waals surface area contributed by atoms with E-state index < -0.39 is 42.9 Å². The summed E-state index contributed by atoms with van der Waals surface area (Å²) in [5.41, 5.74) is 3.66. The summed E-state index contributed by atoms with van der Waals surface area (Å²) in [6.45, 7) is 4.30. The normalized spacial score (nSPS) is 13.6. The molecule has 0 bridgehead atoms. The number of amides is 1. The molecule has 1 aliphatic carbocycles. The third-order valence-corrected chi connectivity index (χ3v) is 4.87. The summed E-state index contributed by atoms with van der Waals surface area (Å²) in [6, 6.07) is 14.6. The standard InChI is InChI=1S/C24H27NO7/c1-24(2,3)32-23(29)25-20(22(27)28)13-30-14-21(26)31-12-19-17-10-6-4-8-15(17)16-9-5-7-11-18(16)19/h4-11,19-20H,12-14H2,1-3H3,(H,25,29)(H,27,28)/t20-/m0/s1. The molecule has 1 atom stereocenters. The van der Waals surface area contributed by atoms with Crippen LogP contribution in [-0.2, 0) is 23.8 Å². The topological polar surface area (TPSA) is 111 Å². The number of hydrogen-bond donors (Lipinski definition) is 2. The van der Waals surface area contributed by atoms with Crippen LogP contribution in [0.15, 0.2) is 48.5 Å². The third-order valence-electron chi connectivity index (χ3n) is 4.87. The number of carboxylic acids is 1. The van der Waals surface area contributed by atoms with E-state index in [0.717, 1.165) is 22.3 Å². The van der Waals surface area contributed by atoms with E-state index >= 15 is 0 Å². The Morgan fingerprint density at radius 1 is 1.00 bits per heavy atom. The number of aliphatic carboxylic acids is 1. The lowest BCUT2D eigenvalue weighted by molar-refractivity contribution is -0.151. The van der Waals surface area contributed by atoms with Crippen LogP contribution in [0, 0.1) is 0 Å². The Labute approximate surface area is 186 Å². The first-order valence-electron chi connectivity index (χ1n) is 10.3. The molecule has 0 saturated heterocycles. The van der Waals surface area contributed by atoms with E-state index in [4.69, 9.17) is 14.2 Å². The third kappa shape index (κ3) is 5.85. The molecule has 0 unspecified atom stereocenters. The minimum Gasteiger partial charge on any atom is -0.480 e. The van der Waals surface area contributed by atoms with Gasteiger partial charge >= 0.3 is 18.0 Å². The van der Waals surface area contributed by atoms with Gasteiger partial charge in [0.25, 0.3) is 0 Å². The second-order valence-corrected chi connectivity index (χ2v) is 8.46. The number of hydrogen-bond acceptors (Lipinski definition) is 6. The van der Waals surface area contributed by atoms with Crippen LogP contribution in [0.4, 0.5) is 4.79 Å². The SMILES string of the molecule is CC(C)(C)OC(=O)N[C@@H](COCC(=O)OCC1c2ccccc2-c2ccccc21)C(=O)O. The van der Waals surface area contributed by atoms with Crippen LogP contribution in [-0.4, -0.2) is 54.6 Å². The molecule has 8 heteroatoms. The quantitative estimate of drug-likeness (QED) is 0.605. The predicted molar refractivity (Wildman–Crippen MR) is 116 cm³/mol. The molecule has 0 saturated carbocycles. The van der Waals surface area contributed by atoms with Crippen LogP contribution in [0.1, 0.15) is 37.8 Å². The number of rotatable bonds is 8. The molecule has 0 aliphatic heterocycles. The van der Waals surface area contributed by atoms with Crippen LogP contribution >= 0.6 is 0 Å². The van der Waals surface area contributed by atoms with Gasteiger partial charge in [-0.1, -0.05) is 48.5 Å². The maximum absolute atomic E-state index is 12.2. The minimum atomic E-state index is -1.36. The van der Waals surface area contributed by atoms with Crippen LogP contribution in [0.25, 0.3) is 11.1 Å². The molecule has 32 heavy (non-hydrogen) atoms. The van der Waals surface area contributed by atoms with Gasteiger partial charge in [-0.15, -0.1) is 0 Å². The number of carbonyl (C=O) groups is 3. The van der Waals surface area contributed by atoms with Crippen LogP contribution < -0.4 is 5.32 Å². The van der Waals surface area contributed by atoms with Crippen LogP contribution in [0.2, 0.25) is 0 Å². The molecule has 1 aliphatic rings. The molecule has 1 amide bonds. The monoisotopic (exact) mass is 441 g/mol. The Morgan fingerprint density at radius 3 is 2.09 bits per heavy atom. The Balaban J connectivity index is 1.50. The van der Waals surface area contributed by atoms with Crippen molar-refractivity contribution in [2.45, 2.75) is 38.3 Å². The van der Waals surface area contributed by atoms with Crippen molar-refractivity contribution in [2.24, 2.45) is 0 Å². The zero-order valence-electron chi connectivity index (χ0n) is 18.3. The fraction of sp³-hybridized carbons (Fsp3) is 0.375. The zero-order chi connectivity index (χ0) is 23.3. The van der Waals surface area contributed by atoms with Crippen molar-refractivity contribution in [1.82, 2.24) is 5.32 Å². The zero-order valence-corrected chi connectivity index (χ0v) is 18.3. The van der Waals surface area contributed by atoms with Crippen molar-refractivity contribution in [3.05, 3.63) is 59.7 Å². The van der Waals surface area contributed by atoms with E-state index in [1.54, 1.807) is 20.8 Å². The number of alkyl carbamates (subject to hydrolysis) is 1. The molecule has 8 nitrogen and oxygen atoms in total. The largest absolute Gasteiger partial charge is 0.480 e. The fourth-order valence-electron chi connectivity index (χ4n) is 3.54. The van der Waals surface area contributed by atoms with Gasteiger partial charge in [-0.25, -0.2) is 14.4 Å². The Kier molecular flexibility index (Phi) is 7.15. The van der Waals surface area contributed by atoms with Crippen molar-refractivity contribution in [3.8, 4) is 11.1 Å². The first-order valence-corrected chi connectivity index (χ1v) is 10.3. The van der Waals surface area contributed by atoms with Crippen LogP contribution in [0.5, 0.6) is 0 Å². The van der Waals surface area contributed by atoms with Crippen molar-refractivity contribution >= 4 is 18.0 Å². The first-order chi connectivity index (χ1) is 15.2. The van der Waals surface area contributed by atoms with E-state index in [2.05, 4.69) is 5.32 Å². The molecule has 2 N–H and O–H groups in total. The van der Waals surface area contributed by atoms with Crippen LogP contribution in [0.3, 0.4) is 0 Å². The van der Waals surface area contributed by atoms with E-state index in [1.165, 1.54) is 0 Å². The summed E-state index contributed by atoms with van der Waals surface area (Å²) < 4.78 is 15.6. The highest BCUT2D eigenvalue weighted by Gasteiger charge is 2.29. The summed E-state index contributed by atoms with van der Waals surface area (Å²) >= 11 is 0. The average Bonchev–Trinajstić information content (AvgIpc) is 3.04. The number of carbonyl (C=O) groups excluding carboxylic acids is 2. The summed E-state index contributed by atoms with van der Waals surface area (Å²) in [6.07, 6.45) is -0.880. The molecule has 0 aromatic heterocycles. The summed E-state index contributed by atoms with van der Waals surface area (Å²) in [5.74, 6) is -2.00. The lowest BCUT2D eigenvalue weighted by atomic mass is 9.98. The Morgan fingerprint density at radius 2 is 1.56 bits per heavy atom. The number of benzene rings is 2. The molecule has 0 spiro atoms.